The van der Waals surface area contributed by atoms with Crippen molar-refractivity contribution in [3.05, 3.63) is 65.0 Å². The average Bonchev–Trinajstić information content (AvgIpc) is 2.77. The van der Waals surface area contributed by atoms with Crippen LogP contribution in [0.2, 0.25) is 0 Å². The zero-order valence-corrected chi connectivity index (χ0v) is 11.6. The second-order valence-electron chi connectivity index (χ2n) is 5.49. The fraction of sp³-hybridized carbons (Fsp3) is 0.176. The van der Waals surface area contributed by atoms with Crippen LogP contribution in [0.5, 0.6) is 0 Å². The molecule has 1 atom stereocenters. The maximum absolute atomic E-state index is 11.1. The summed E-state index contributed by atoms with van der Waals surface area (Å²) in [7, 11) is 1.99. The minimum atomic E-state index is -0.918. The molecule has 21 heavy (non-hydrogen) atoms. The molecule has 1 heterocycles. The molecule has 2 aromatic carbocycles. The summed E-state index contributed by atoms with van der Waals surface area (Å²) in [4.78, 5) is 15.7. The van der Waals surface area contributed by atoms with Crippen LogP contribution in [-0.4, -0.2) is 20.6 Å². The van der Waals surface area contributed by atoms with Crippen molar-refractivity contribution in [2.24, 2.45) is 7.05 Å². The number of aryl methyl sites for hydroxylation is 1. The molecule has 0 amide bonds. The smallest absolute Gasteiger partial charge is 0.335 e. The topological polar surface area (TPSA) is 55.1 Å². The number of benzene rings is 2. The lowest BCUT2D eigenvalue weighted by Gasteiger charge is -2.29. The van der Waals surface area contributed by atoms with E-state index in [4.69, 9.17) is 5.11 Å². The van der Waals surface area contributed by atoms with Gasteiger partial charge in [0, 0.05) is 13.0 Å². The quantitative estimate of drug-likeness (QED) is 0.784. The number of carboxylic acids is 1. The van der Waals surface area contributed by atoms with Crippen molar-refractivity contribution >= 4 is 17.0 Å². The van der Waals surface area contributed by atoms with E-state index in [1.807, 2.05) is 13.1 Å². The van der Waals surface area contributed by atoms with Gasteiger partial charge >= 0.3 is 5.97 Å². The fourth-order valence-electron chi connectivity index (χ4n) is 3.15. The average molecular weight is 278 g/mol. The van der Waals surface area contributed by atoms with Gasteiger partial charge in [-0.05, 0) is 35.7 Å². The Hall–Kier alpha value is -2.62. The molecule has 1 unspecified atom stereocenters. The number of aromatic carboxylic acids is 1. The maximum Gasteiger partial charge on any atom is 0.335 e. The normalized spacial score (nSPS) is 16.5. The Balaban J connectivity index is 1.84. The molecule has 1 aliphatic carbocycles. The highest BCUT2D eigenvalue weighted by Gasteiger charge is 2.30. The summed E-state index contributed by atoms with van der Waals surface area (Å²) in [5, 5.41) is 9.08. The number of hydrogen-bond donors (Lipinski definition) is 1. The number of rotatable bonds is 2. The lowest BCUT2D eigenvalue weighted by molar-refractivity contribution is 0.0697. The van der Waals surface area contributed by atoms with Crippen LogP contribution in [0.1, 0.15) is 33.2 Å². The number of aromatic nitrogens is 2. The predicted molar refractivity (Wildman–Crippen MR) is 79.7 cm³/mol. The minimum Gasteiger partial charge on any atom is -0.478 e. The fourth-order valence-corrected chi connectivity index (χ4v) is 3.15. The molecule has 1 aromatic heterocycles. The van der Waals surface area contributed by atoms with Crippen LogP contribution in [0.25, 0.3) is 11.0 Å². The van der Waals surface area contributed by atoms with Crippen molar-refractivity contribution in [3.8, 4) is 0 Å². The van der Waals surface area contributed by atoms with Crippen LogP contribution in [0.3, 0.4) is 0 Å². The summed E-state index contributed by atoms with van der Waals surface area (Å²) in [6.45, 7) is 0. The molecule has 1 N–H and O–H groups in total. The number of hydrogen-bond acceptors (Lipinski definition) is 2. The Morgan fingerprint density at radius 3 is 2.86 bits per heavy atom. The third kappa shape index (κ3) is 1.69. The van der Waals surface area contributed by atoms with Crippen LogP contribution < -0.4 is 0 Å². The van der Waals surface area contributed by atoms with E-state index in [-0.39, 0.29) is 5.56 Å². The Kier molecular flexibility index (Phi) is 2.42. The third-order valence-corrected chi connectivity index (χ3v) is 4.33. The monoisotopic (exact) mass is 278 g/mol. The number of imidazole rings is 1. The van der Waals surface area contributed by atoms with Gasteiger partial charge in [0.05, 0.1) is 16.6 Å². The van der Waals surface area contributed by atoms with Crippen LogP contribution >= 0.6 is 0 Å². The first-order valence-corrected chi connectivity index (χ1v) is 6.92. The van der Waals surface area contributed by atoms with Gasteiger partial charge in [-0.15, -0.1) is 0 Å². The lowest BCUT2D eigenvalue weighted by Crippen LogP contribution is -2.21. The SMILES string of the molecule is Cn1c(C2Cc3ccccc32)nc2cc(C(=O)O)ccc21. The molecule has 0 saturated carbocycles. The van der Waals surface area contributed by atoms with Crippen molar-refractivity contribution < 1.29 is 9.90 Å². The summed E-state index contributed by atoms with van der Waals surface area (Å²) in [5.74, 6) is 0.399. The van der Waals surface area contributed by atoms with E-state index >= 15 is 0 Å². The Labute approximate surface area is 121 Å². The van der Waals surface area contributed by atoms with E-state index in [2.05, 4.69) is 33.8 Å². The van der Waals surface area contributed by atoms with Crippen molar-refractivity contribution in [1.29, 1.82) is 0 Å². The molecule has 104 valence electrons. The van der Waals surface area contributed by atoms with Crippen LogP contribution in [0.4, 0.5) is 0 Å². The summed E-state index contributed by atoms with van der Waals surface area (Å²) in [5.41, 5.74) is 4.70. The molecular formula is C17H14N2O2. The van der Waals surface area contributed by atoms with Crippen molar-refractivity contribution in [2.45, 2.75) is 12.3 Å². The first kappa shape index (κ1) is 12.1. The Morgan fingerprint density at radius 1 is 1.29 bits per heavy atom. The molecule has 0 aliphatic heterocycles. The minimum absolute atomic E-state index is 0.279. The lowest BCUT2D eigenvalue weighted by atomic mass is 9.77. The molecule has 1 aliphatic rings. The maximum atomic E-state index is 11.1. The summed E-state index contributed by atoms with van der Waals surface area (Å²) >= 11 is 0. The molecule has 4 rings (SSSR count). The van der Waals surface area contributed by atoms with Gasteiger partial charge in [-0.25, -0.2) is 9.78 Å². The van der Waals surface area contributed by atoms with Crippen molar-refractivity contribution in [3.63, 3.8) is 0 Å². The standard InChI is InChI=1S/C17H14N2O2/c1-19-15-7-6-11(17(20)21)9-14(15)18-16(19)13-8-10-4-2-3-5-12(10)13/h2-7,9,13H,8H2,1H3,(H,20,21). The molecular weight excluding hydrogens is 264 g/mol. The number of nitrogens with zero attached hydrogens (tertiary/aromatic N) is 2. The summed E-state index contributed by atoms with van der Waals surface area (Å²) < 4.78 is 2.07. The molecule has 3 aromatic rings. The molecule has 0 spiro atoms. The molecule has 4 heteroatoms. The van der Waals surface area contributed by atoms with Crippen LogP contribution in [0, 0.1) is 0 Å². The van der Waals surface area contributed by atoms with Crippen LogP contribution in [-0.2, 0) is 13.5 Å². The third-order valence-electron chi connectivity index (χ3n) is 4.33. The van der Waals surface area contributed by atoms with Gasteiger partial charge in [0.15, 0.2) is 0 Å². The first-order chi connectivity index (χ1) is 10.1. The molecule has 0 fully saturated rings. The molecule has 4 nitrogen and oxygen atoms in total. The van der Waals surface area contributed by atoms with Gasteiger partial charge in [0.1, 0.15) is 5.82 Å². The zero-order chi connectivity index (χ0) is 14.6. The number of carbonyl (C=O) groups is 1. The molecule has 0 saturated heterocycles. The van der Waals surface area contributed by atoms with Crippen molar-refractivity contribution in [2.75, 3.05) is 0 Å². The van der Waals surface area contributed by atoms with Gasteiger partial charge in [0.2, 0.25) is 0 Å². The van der Waals surface area contributed by atoms with E-state index in [1.54, 1.807) is 12.1 Å². The van der Waals surface area contributed by atoms with E-state index < -0.39 is 5.97 Å². The Morgan fingerprint density at radius 2 is 2.10 bits per heavy atom. The highest BCUT2D eigenvalue weighted by Crippen LogP contribution is 2.40. The Bertz CT molecular complexity index is 880. The second-order valence-corrected chi connectivity index (χ2v) is 5.49. The number of fused-ring (bicyclic) bond motifs is 2. The van der Waals surface area contributed by atoms with Gasteiger partial charge in [-0.3, -0.25) is 0 Å². The van der Waals surface area contributed by atoms with Gasteiger partial charge in [-0.2, -0.15) is 0 Å². The van der Waals surface area contributed by atoms with E-state index in [0.717, 1.165) is 23.3 Å². The van der Waals surface area contributed by atoms with Gasteiger partial charge in [-0.1, -0.05) is 24.3 Å². The largest absolute Gasteiger partial charge is 0.478 e. The van der Waals surface area contributed by atoms with E-state index in [0.29, 0.717) is 5.92 Å². The van der Waals surface area contributed by atoms with E-state index in [9.17, 15) is 4.79 Å². The highest BCUT2D eigenvalue weighted by atomic mass is 16.4. The number of carboxylic acid groups (broad SMARTS) is 1. The van der Waals surface area contributed by atoms with Crippen LogP contribution in [0.15, 0.2) is 42.5 Å². The summed E-state index contributed by atoms with van der Waals surface area (Å²) in [6.07, 6.45) is 0.999. The first-order valence-electron chi connectivity index (χ1n) is 6.92. The summed E-state index contributed by atoms with van der Waals surface area (Å²) in [6, 6.07) is 13.5. The van der Waals surface area contributed by atoms with Gasteiger partial charge < -0.3 is 9.67 Å². The van der Waals surface area contributed by atoms with Gasteiger partial charge in [0.25, 0.3) is 0 Å². The second kappa shape index (κ2) is 4.19. The molecule has 0 bridgehead atoms. The highest BCUT2D eigenvalue weighted by molar-refractivity contribution is 5.92. The molecule has 0 radical (unpaired) electrons. The van der Waals surface area contributed by atoms with Crippen molar-refractivity contribution in [1.82, 2.24) is 9.55 Å². The zero-order valence-electron chi connectivity index (χ0n) is 11.6. The predicted octanol–water partition coefficient (Wildman–Crippen LogP) is 2.96. The van der Waals surface area contributed by atoms with E-state index in [1.165, 1.54) is 11.1 Å².